The van der Waals surface area contributed by atoms with Gasteiger partial charge in [-0.3, -0.25) is 9.59 Å². The van der Waals surface area contributed by atoms with Crippen molar-refractivity contribution in [3.05, 3.63) is 24.3 Å². The Bertz CT molecular complexity index is 754. The van der Waals surface area contributed by atoms with Crippen LogP contribution in [0.15, 0.2) is 24.3 Å². The first-order valence-electron chi connectivity index (χ1n) is 10.1. The van der Waals surface area contributed by atoms with Crippen molar-refractivity contribution >= 4 is 17.9 Å². The minimum absolute atomic E-state index is 0.103. The quantitative estimate of drug-likeness (QED) is 0.331. The number of aliphatic hydroxyl groups excluding tert-OH is 1. The van der Waals surface area contributed by atoms with Crippen molar-refractivity contribution in [2.24, 2.45) is 23.2 Å². The Morgan fingerprint density at radius 2 is 1.97 bits per heavy atom. The highest BCUT2D eigenvalue weighted by molar-refractivity contribution is 5.90. The third-order valence-corrected chi connectivity index (χ3v) is 6.55. The number of ether oxygens (including phenoxy) is 3. The summed E-state index contributed by atoms with van der Waals surface area (Å²) in [6.07, 6.45) is -2.41. The molecule has 2 saturated carbocycles. The van der Waals surface area contributed by atoms with Crippen LogP contribution < -0.4 is 0 Å². The summed E-state index contributed by atoms with van der Waals surface area (Å²) < 4.78 is 16.6. The molecule has 1 aliphatic heterocycles. The van der Waals surface area contributed by atoms with Crippen LogP contribution in [-0.2, 0) is 28.6 Å². The zero-order valence-electron chi connectivity index (χ0n) is 17.5. The van der Waals surface area contributed by atoms with Gasteiger partial charge in [0, 0.05) is 30.3 Å². The summed E-state index contributed by atoms with van der Waals surface area (Å²) >= 11 is 0. The third kappa shape index (κ3) is 3.72. The summed E-state index contributed by atoms with van der Waals surface area (Å²) in [6.45, 7) is 15.0. The normalized spacial score (nSPS) is 38.9. The van der Waals surface area contributed by atoms with E-state index in [0.717, 1.165) is 0 Å². The molecule has 7 atom stereocenters. The molecule has 29 heavy (non-hydrogen) atoms. The zero-order valence-corrected chi connectivity index (χ0v) is 17.5. The van der Waals surface area contributed by atoms with E-state index >= 15 is 0 Å². The maximum Gasteiger partial charge on any atom is 0.334 e. The molecule has 0 radical (unpaired) electrons. The highest BCUT2D eigenvalue weighted by Gasteiger charge is 2.62. The largest absolute Gasteiger partial charge is 0.459 e. The molecule has 1 heterocycles. The summed E-state index contributed by atoms with van der Waals surface area (Å²) in [5.74, 6) is -1.70. The summed E-state index contributed by atoms with van der Waals surface area (Å²) in [6, 6.07) is 0. The van der Waals surface area contributed by atoms with Gasteiger partial charge in [0.25, 0.3) is 0 Å². The number of fused-ring (bicyclic) bond motifs is 2. The molecule has 0 aromatic carbocycles. The molecule has 0 amide bonds. The number of hydrogen-bond acceptors (Lipinski definition) is 7. The van der Waals surface area contributed by atoms with Crippen LogP contribution in [0.1, 0.15) is 47.0 Å². The molecule has 1 N–H and O–H groups in total. The second-order valence-corrected chi connectivity index (χ2v) is 9.18. The molecule has 0 spiro atoms. The van der Waals surface area contributed by atoms with Crippen molar-refractivity contribution in [1.82, 2.24) is 0 Å². The third-order valence-electron chi connectivity index (χ3n) is 6.55. The number of carbonyl (C=O) groups excluding carboxylic acids is 3. The van der Waals surface area contributed by atoms with E-state index < -0.39 is 41.6 Å². The molecule has 7 unspecified atom stereocenters. The van der Waals surface area contributed by atoms with E-state index in [4.69, 9.17) is 14.2 Å². The van der Waals surface area contributed by atoms with E-state index in [9.17, 15) is 19.5 Å². The van der Waals surface area contributed by atoms with Gasteiger partial charge in [-0.25, -0.2) is 4.79 Å². The summed E-state index contributed by atoms with van der Waals surface area (Å²) in [5, 5.41) is 11.0. The zero-order chi connectivity index (χ0) is 21.7. The molecule has 3 fully saturated rings. The molecule has 2 aliphatic carbocycles. The Kier molecular flexibility index (Phi) is 5.64. The number of hydrogen-bond donors (Lipinski definition) is 1. The van der Waals surface area contributed by atoms with E-state index in [2.05, 4.69) is 13.2 Å². The molecule has 0 aromatic rings. The number of aliphatic hydroxyl groups is 1. The van der Waals surface area contributed by atoms with E-state index in [1.807, 2.05) is 20.8 Å². The van der Waals surface area contributed by atoms with Gasteiger partial charge in [0.1, 0.15) is 18.3 Å². The van der Waals surface area contributed by atoms with Gasteiger partial charge in [-0.2, -0.15) is 0 Å². The molecular formula is C22H30O7. The molecular weight excluding hydrogens is 376 g/mol. The van der Waals surface area contributed by atoms with Crippen LogP contribution in [0.25, 0.3) is 0 Å². The molecule has 7 nitrogen and oxygen atoms in total. The van der Waals surface area contributed by atoms with Crippen LogP contribution in [0.4, 0.5) is 0 Å². The van der Waals surface area contributed by atoms with Crippen molar-refractivity contribution < 1.29 is 33.7 Å². The Morgan fingerprint density at radius 1 is 1.31 bits per heavy atom. The minimum atomic E-state index is -1.25. The number of rotatable bonds is 4. The predicted octanol–water partition coefficient (Wildman–Crippen LogP) is 2.32. The Labute approximate surface area is 171 Å². The highest BCUT2D eigenvalue weighted by Crippen LogP contribution is 2.58. The molecule has 3 aliphatic rings. The maximum absolute atomic E-state index is 12.3. The first-order valence-corrected chi connectivity index (χ1v) is 10.1. The van der Waals surface area contributed by atoms with Gasteiger partial charge in [0.2, 0.25) is 0 Å². The van der Waals surface area contributed by atoms with Gasteiger partial charge in [0.05, 0.1) is 0 Å². The van der Waals surface area contributed by atoms with E-state index in [1.54, 1.807) is 0 Å². The molecule has 1 saturated heterocycles. The van der Waals surface area contributed by atoms with Crippen molar-refractivity contribution in [2.75, 3.05) is 0 Å². The number of carbonyl (C=O) groups is 3. The van der Waals surface area contributed by atoms with Crippen LogP contribution >= 0.6 is 0 Å². The first kappa shape index (κ1) is 21.6. The van der Waals surface area contributed by atoms with Crippen LogP contribution in [0.5, 0.6) is 0 Å². The molecule has 3 rings (SSSR count). The fourth-order valence-electron chi connectivity index (χ4n) is 5.16. The minimum Gasteiger partial charge on any atom is -0.459 e. The van der Waals surface area contributed by atoms with Crippen molar-refractivity contribution in [2.45, 2.75) is 71.4 Å². The molecule has 0 aromatic heterocycles. The number of esters is 3. The average molecular weight is 406 g/mol. The van der Waals surface area contributed by atoms with Crippen LogP contribution in [0.2, 0.25) is 0 Å². The Hall–Kier alpha value is -2.15. The lowest BCUT2D eigenvalue weighted by molar-refractivity contribution is -0.205. The second kappa shape index (κ2) is 7.59. The van der Waals surface area contributed by atoms with E-state index in [0.29, 0.717) is 24.0 Å². The molecule has 0 bridgehead atoms. The van der Waals surface area contributed by atoms with Crippen molar-refractivity contribution in [3.63, 3.8) is 0 Å². The fourth-order valence-corrected chi connectivity index (χ4v) is 5.16. The summed E-state index contributed by atoms with van der Waals surface area (Å²) in [7, 11) is 0. The fraction of sp³-hybridized carbons (Fsp3) is 0.682. The van der Waals surface area contributed by atoms with Crippen LogP contribution in [0, 0.1) is 23.2 Å². The first-order chi connectivity index (χ1) is 13.5. The SMILES string of the molecule is C=C1C(=O)OC2CC3(C)C(CC12)C(=C)C(OC(=O)CC(C)C)C(O)C3OC(C)=O. The Balaban J connectivity index is 1.94. The predicted molar refractivity (Wildman–Crippen MR) is 103 cm³/mol. The van der Waals surface area contributed by atoms with E-state index in [-0.39, 0.29) is 30.3 Å². The van der Waals surface area contributed by atoms with E-state index in [1.165, 1.54) is 6.92 Å². The summed E-state index contributed by atoms with van der Waals surface area (Å²) in [4.78, 5) is 36.1. The van der Waals surface area contributed by atoms with Gasteiger partial charge in [-0.15, -0.1) is 0 Å². The molecule has 7 heteroatoms. The lowest BCUT2D eigenvalue weighted by atomic mass is 9.53. The maximum atomic E-state index is 12.3. The average Bonchev–Trinajstić information content (AvgIpc) is 2.87. The highest BCUT2D eigenvalue weighted by atomic mass is 16.6. The topological polar surface area (TPSA) is 99.1 Å². The van der Waals surface area contributed by atoms with Gasteiger partial charge < -0.3 is 19.3 Å². The van der Waals surface area contributed by atoms with Crippen LogP contribution in [-0.4, -0.2) is 47.4 Å². The van der Waals surface area contributed by atoms with Crippen LogP contribution in [0.3, 0.4) is 0 Å². The van der Waals surface area contributed by atoms with Crippen molar-refractivity contribution in [1.29, 1.82) is 0 Å². The standard InChI is InChI=1S/C22H30O7/c1-10(2)7-17(24)29-19-12(4)15-8-14-11(3)21(26)28-16(14)9-22(15,6)20(18(19)25)27-13(5)23/h10,14-16,18-20,25H,3-4,7-9H2,1-2,5-6H3. The van der Waals surface area contributed by atoms with Gasteiger partial charge in [-0.1, -0.05) is 33.9 Å². The van der Waals surface area contributed by atoms with Crippen molar-refractivity contribution in [3.8, 4) is 0 Å². The lowest BCUT2D eigenvalue weighted by Crippen LogP contribution is -2.62. The monoisotopic (exact) mass is 406 g/mol. The Morgan fingerprint density at radius 3 is 2.55 bits per heavy atom. The summed E-state index contributed by atoms with van der Waals surface area (Å²) in [5.41, 5.74) is 0.286. The smallest absolute Gasteiger partial charge is 0.334 e. The van der Waals surface area contributed by atoms with Gasteiger partial charge in [-0.05, 0) is 30.3 Å². The lowest BCUT2D eigenvalue weighted by Gasteiger charge is -2.55. The second-order valence-electron chi connectivity index (χ2n) is 9.18. The molecule has 160 valence electrons. The van der Waals surface area contributed by atoms with Gasteiger partial charge >= 0.3 is 17.9 Å². The van der Waals surface area contributed by atoms with Gasteiger partial charge in [0.15, 0.2) is 6.10 Å².